The van der Waals surface area contributed by atoms with Gasteiger partial charge in [-0.2, -0.15) is 4.31 Å². The van der Waals surface area contributed by atoms with Crippen LogP contribution in [-0.4, -0.2) is 67.8 Å². The molecule has 2 aromatic rings. The zero-order chi connectivity index (χ0) is 22.0. The Balaban J connectivity index is 1.53. The van der Waals surface area contributed by atoms with Crippen molar-refractivity contribution in [1.82, 2.24) is 9.21 Å². The number of hydrogen-bond donors (Lipinski definition) is 1. The summed E-state index contributed by atoms with van der Waals surface area (Å²) < 4.78 is 32.8. The van der Waals surface area contributed by atoms with Gasteiger partial charge in [-0.05, 0) is 29.5 Å². The predicted octanol–water partition coefficient (Wildman–Crippen LogP) is 1.67. The highest BCUT2D eigenvalue weighted by Crippen LogP contribution is 2.30. The number of nitro benzene ring substituents is 1. The minimum atomic E-state index is -3.99. The van der Waals surface area contributed by atoms with E-state index in [2.05, 4.69) is 5.32 Å². The Morgan fingerprint density at radius 1 is 1.23 bits per heavy atom. The number of nitrogens with one attached hydrogen (secondary N) is 1. The average Bonchev–Trinajstić information content (AvgIpc) is 3.25. The van der Waals surface area contributed by atoms with Crippen LogP contribution in [0.3, 0.4) is 0 Å². The van der Waals surface area contributed by atoms with Crippen LogP contribution in [0.2, 0.25) is 0 Å². The molecule has 3 heterocycles. The van der Waals surface area contributed by atoms with Crippen molar-refractivity contribution in [1.29, 1.82) is 0 Å². The van der Waals surface area contributed by atoms with Gasteiger partial charge < -0.3 is 15.0 Å². The van der Waals surface area contributed by atoms with E-state index in [1.807, 2.05) is 11.4 Å². The maximum absolute atomic E-state index is 13.2. The fourth-order valence-electron chi connectivity index (χ4n) is 3.65. The molecule has 1 N–H and O–H groups in total. The number of carbonyl (C=O) groups excluding carboxylic acids is 1. The maximum Gasteiger partial charge on any atom is 0.270 e. The van der Waals surface area contributed by atoms with Crippen molar-refractivity contribution in [2.24, 2.45) is 0 Å². The molecule has 12 heteroatoms. The number of nitrogens with zero attached hydrogens (tertiary/aromatic N) is 3. The van der Waals surface area contributed by atoms with Gasteiger partial charge in [-0.3, -0.25) is 14.9 Å². The van der Waals surface area contributed by atoms with Gasteiger partial charge in [0, 0.05) is 43.2 Å². The summed E-state index contributed by atoms with van der Waals surface area (Å²) in [7, 11) is -3.99. The number of rotatable bonds is 6. The van der Waals surface area contributed by atoms with Gasteiger partial charge in [0.15, 0.2) is 0 Å². The highest BCUT2D eigenvalue weighted by molar-refractivity contribution is 7.89. The van der Waals surface area contributed by atoms with Gasteiger partial charge in [-0.1, -0.05) is 0 Å². The molecule has 1 saturated heterocycles. The second-order valence-electron chi connectivity index (χ2n) is 7.24. The molecule has 1 aromatic carbocycles. The van der Waals surface area contributed by atoms with Gasteiger partial charge in [0.1, 0.15) is 4.90 Å². The normalized spacial score (nSPS) is 17.2. The van der Waals surface area contributed by atoms with Crippen LogP contribution in [-0.2, 0) is 32.5 Å². The SMILES string of the molecule is O=C(CNc1ccc([N+](=O)[O-])cc1S(=O)(=O)N1CCOCC1)N1CCc2sccc2C1. The number of non-ortho nitro benzene ring substituents is 1. The van der Waals surface area contributed by atoms with Gasteiger partial charge in [0.05, 0.1) is 30.4 Å². The number of ether oxygens (including phenoxy) is 1. The van der Waals surface area contributed by atoms with E-state index in [1.54, 1.807) is 16.2 Å². The molecule has 0 unspecified atom stereocenters. The van der Waals surface area contributed by atoms with Crippen LogP contribution in [0.1, 0.15) is 10.4 Å². The standard InChI is InChI=1S/C19H22N4O6S2/c24-19(21-5-3-17-14(13-21)4-10-30-17)12-20-16-2-1-15(23(25)26)11-18(16)31(27,28)22-6-8-29-9-7-22/h1-2,4,10-11,20H,3,5-9,12-13H2. The molecule has 0 atom stereocenters. The van der Waals surface area contributed by atoms with E-state index in [-0.39, 0.29) is 55.0 Å². The van der Waals surface area contributed by atoms with Crippen LogP contribution >= 0.6 is 11.3 Å². The number of benzene rings is 1. The molecule has 0 saturated carbocycles. The molecule has 1 fully saturated rings. The van der Waals surface area contributed by atoms with Crippen molar-refractivity contribution < 1.29 is 22.9 Å². The molecule has 2 aliphatic heterocycles. The van der Waals surface area contributed by atoms with Crippen molar-refractivity contribution in [3.8, 4) is 0 Å². The zero-order valence-corrected chi connectivity index (χ0v) is 18.3. The molecular weight excluding hydrogens is 444 g/mol. The fraction of sp³-hybridized carbons (Fsp3) is 0.421. The molecule has 0 spiro atoms. The monoisotopic (exact) mass is 466 g/mol. The van der Waals surface area contributed by atoms with Crippen LogP contribution in [0.4, 0.5) is 11.4 Å². The predicted molar refractivity (Wildman–Crippen MR) is 115 cm³/mol. The van der Waals surface area contributed by atoms with Crippen LogP contribution in [0.25, 0.3) is 0 Å². The Morgan fingerprint density at radius 3 is 2.74 bits per heavy atom. The average molecular weight is 467 g/mol. The lowest BCUT2D eigenvalue weighted by atomic mass is 10.1. The van der Waals surface area contributed by atoms with Crippen molar-refractivity contribution >= 4 is 38.6 Å². The summed E-state index contributed by atoms with van der Waals surface area (Å²) in [6.07, 6.45) is 0.799. The molecule has 4 rings (SSSR count). The highest BCUT2D eigenvalue weighted by Gasteiger charge is 2.31. The van der Waals surface area contributed by atoms with Gasteiger partial charge in [0.25, 0.3) is 5.69 Å². The van der Waals surface area contributed by atoms with Gasteiger partial charge in [0.2, 0.25) is 15.9 Å². The van der Waals surface area contributed by atoms with Crippen molar-refractivity contribution in [2.45, 2.75) is 17.9 Å². The molecule has 166 valence electrons. The quantitative estimate of drug-likeness (QED) is 0.508. The molecule has 1 amide bonds. The molecule has 2 aliphatic rings. The third-order valence-corrected chi connectivity index (χ3v) is 8.32. The first kappa shape index (κ1) is 21.7. The highest BCUT2D eigenvalue weighted by atomic mass is 32.2. The van der Waals surface area contributed by atoms with Crippen molar-refractivity contribution in [3.63, 3.8) is 0 Å². The van der Waals surface area contributed by atoms with Crippen LogP contribution in [0, 0.1) is 10.1 Å². The number of nitro groups is 1. The van der Waals surface area contributed by atoms with E-state index >= 15 is 0 Å². The van der Waals surface area contributed by atoms with Gasteiger partial charge in [-0.25, -0.2) is 8.42 Å². The topological polar surface area (TPSA) is 122 Å². The van der Waals surface area contributed by atoms with E-state index < -0.39 is 14.9 Å². The Bertz CT molecular complexity index is 1090. The van der Waals surface area contributed by atoms with E-state index in [0.29, 0.717) is 13.1 Å². The third-order valence-electron chi connectivity index (χ3n) is 5.35. The Labute approximate surface area is 183 Å². The number of thiophene rings is 1. The Morgan fingerprint density at radius 2 is 2.00 bits per heavy atom. The first-order valence-electron chi connectivity index (χ1n) is 9.79. The van der Waals surface area contributed by atoms with Crippen LogP contribution < -0.4 is 5.32 Å². The fourth-order valence-corrected chi connectivity index (χ4v) is 6.14. The molecule has 31 heavy (non-hydrogen) atoms. The number of morpholine rings is 1. The summed E-state index contributed by atoms with van der Waals surface area (Å²) in [6, 6.07) is 5.61. The largest absolute Gasteiger partial charge is 0.379 e. The van der Waals surface area contributed by atoms with E-state index in [4.69, 9.17) is 4.74 Å². The van der Waals surface area contributed by atoms with Crippen molar-refractivity contribution in [3.05, 3.63) is 50.2 Å². The number of carbonyl (C=O) groups is 1. The second kappa shape index (κ2) is 8.91. The molecule has 0 aliphatic carbocycles. The molecule has 1 aromatic heterocycles. The lowest BCUT2D eigenvalue weighted by Gasteiger charge is -2.28. The molecule has 10 nitrogen and oxygen atoms in total. The number of anilines is 1. The minimum absolute atomic E-state index is 0.108. The first-order chi connectivity index (χ1) is 14.9. The van der Waals surface area contributed by atoms with E-state index in [0.717, 1.165) is 18.1 Å². The van der Waals surface area contributed by atoms with Gasteiger partial charge >= 0.3 is 0 Å². The van der Waals surface area contributed by atoms with Crippen molar-refractivity contribution in [2.75, 3.05) is 44.7 Å². The maximum atomic E-state index is 13.2. The molecule has 0 radical (unpaired) electrons. The Hall–Kier alpha value is -2.54. The smallest absolute Gasteiger partial charge is 0.270 e. The van der Waals surface area contributed by atoms with E-state index in [1.165, 1.54) is 21.3 Å². The van der Waals surface area contributed by atoms with Gasteiger partial charge in [-0.15, -0.1) is 11.3 Å². The summed E-state index contributed by atoms with van der Waals surface area (Å²) in [6.45, 7) is 1.87. The molecule has 0 bridgehead atoms. The first-order valence-corrected chi connectivity index (χ1v) is 12.1. The lowest BCUT2D eigenvalue weighted by Crippen LogP contribution is -2.41. The lowest BCUT2D eigenvalue weighted by molar-refractivity contribution is -0.385. The zero-order valence-electron chi connectivity index (χ0n) is 16.7. The summed E-state index contributed by atoms with van der Waals surface area (Å²) in [5.41, 5.74) is 0.971. The number of fused-ring (bicyclic) bond motifs is 1. The summed E-state index contributed by atoms with van der Waals surface area (Å²) in [5.74, 6) is -0.162. The second-order valence-corrected chi connectivity index (χ2v) is 10.1. The Kier molecular flexibility index (Phi) is 6.23. The van der Waals surface area contributed by atoms with Crippen LogP contribution in [0.15, 0.2) is 34.5 Å². The summed E-state index contributed by atoms with van der Waals surface area (Å²) >= 11 is 1.68. The van der Waals surface area contributed by atoms with Crippen LogP contribution in [0.5, 0.6) is 0 Å². The minimum Gasteiger partial charge on any atom is -0.379 e. The third kappa shape index (κ3) is 4.56. The number of hydrogen-bond acceptors (Lipinski definition) is 8. The summed E-state index contributed by atoms with van der Waals surface area (Å²) in [5, 5.41) is 16.1. The number of sulfonamides is 1. The van der Waals surface area contributed by atoms with E-state index in [9.17, 15) is 23.3 Å². The summed E-state index contributed by atoms with van der Waals surface area (Å²) in [4.78, 5) is 26.1. The number of amides is 1. The molecular formula is C19H22N4O6S2.